The van der Waals surface area contributed by atoms with Crippen molar-refractivity contribution in [1.29, 1.82) is 0 Å². The Kier molecular flexibility index (Phi) is 3.17. The number of benzene rings is 2. The van der Waals surface area contributed by atoms with Crippen LogP contribution in [-0.4, -0.2) is 17.1 Å². The minimum Gasteiger partial charge on any atom is -0.496 e. The van der Waals surface area contributed by atoms with E-state index >= 15 is 0 Å². The molecule has 2 aromatic carbocycles. The van der Waals surface area contributed by atoms with Crippen molar-refractivity contribution in [2.24, 2.45) is 0 Å². The maximum Gasteiger partial charge on any atom is 0.186 e. The van der Waals surface area contributed by atoms with Gasteiger partial charge in [-0.2, -0.15) is 0 Å². The lowest BCUT2D eigenvalue weighted by atomic mass is 10.2. The van der Waals surface area contributed by atoms with E-state index in [9.17, 15) is 8.78 Å². The first-order valence-corrected chi connectivity index (χ1v) is 6.57. The van der Waals surface area contributed by atoms with Gasteiger partial charge in [0.25, 0.3) is 0 Å². The molecule has 0 fully saturated rings. The first kappa shape index (κ1) is 13.1. The smallest absolute Gasteiger partial charge is 0.186 e. The number of fused-ring (bicyclic) bond motifs is 1. The van der Waals surface area contributed by atoms with E-state index in [2.05, 4.69) is 25.9 Å². The summed E-state index contributed by atoms with van der Waals surface area (Å²) in [4.78, 5) is 7.08. The largest absolute Gasteiger partial charge is 0.496 e. The number of halogens is 3. The van der Waals surface area contributed by atoms with Crippen LogP contribution in [0.15, 0.2) is 34.8 Å². The molecular formula is C14H9BrF2N2O. The van der Waals surface area contributed by atoms with Crippen molar-refractivity contribution in [3.05, 3.63) is 46.4 Å². The van der Waals surface area contributed by atoms with Gasteiger partial charge in [0.2, 0.25) is 0 Å². The number of H-pyrrole nitrogens is 1. The van der Waals surface area contributed by atoms with Crippen LogP contribution < -0.4 is 4.74 Å². The van der Waals surface area contributed by atoms with E-state index in [0.29, 0.717) is 22.7 Å². The maximum absolute atomic E-state index is 13.7. The summed E-state index contributed by atoms with van der Waals surface area (Å²) in [5, 5.41) is 0. The summed E-state index contributed by atoms with van der Waals surface area (Å²) in [6.07, 6.45) is 0. The topological polar surface area (TPSA) is 37.9 Å². The van der Waals surface area contributed by atoms with E-state index in [0.717, 1.165) is 10.5 Å². The van der Waals surface area contributed by atoms with Gasteiger partial charge in [0.1, 0.15) is 17.1 Å². The predicted octanol–water partition coefficient (Wildman–Crippen LogP) is 4.28. The molecule has 0 atom stereocenters. The van der Waals surface area contributed by atoms with Crippen LogP contribution in [0.25, 0.3) is 22.4 Å². The Morgan fingerprint density at radius 3 is 2.75 bits per heavy atom. The predicted molar refractivity (Wildman–Crippen MR) is 75.7 cm³/mol. The van der Waals surface area contributed by atoms with E-state index in [1.807, 2.05) is 6.07 Å². The lowest BCUT2D eigenvalue weighted by Crippen LogP contribution is -1.89. The van der Waals surface area contributed by atoms with Gasteiger partial charge in [-0.25, -0.2) is 13.8 Å². The highest BCUT2D eigenvalue weighted by Gasteiger charge is 2.15. The maximum atomic E-state index is 13.7. The summed E-state index contributed by atoms with van der Waals surface area (Å²) in [7, 11) is 1.54. The number of methoxy groups -OCH3 is 1. The van der Waals surface area contributed by atoms with E-state index in [1.54, 1.807) is 12.1 Å². The van der Waals surface area contributed by atoms with Gasteiger partial charge in [-0.05, 0) is 30.3 Å². The Balaban J connectivity index is 2.23. The van der Waals surface area contributed by atoms with Gasteiger partial charge in [0.05, 0.1) is 18.2 Å². The molecule has 0 aliphatic carbocycles. The van der Waals surface area contributed by atoms with Gasteiger partial charge in [0.15, 0.2) is 11.6 Å². The number of hydrogen-bond acceptors (Lipinski definition) is 2. The molecule has 0 aliphatic heterocycles. The molecule has 3 aromatic rings. The Bertz CT molecular complexity index is 801. The zero-order chi connectivity index (χ0) is 14.3. The van der Waals surface area contributed by atoms with Crippen molar-refractivity contribution in [2.75, 3.05) is 7.11 Å². The van der Waals surface area contributed by atoms with Crippen LogP contribution in [0.4, 0.5) is 8.78 Å². The molecule has 0 aliphatic rings. The van der Waals surface area contributed by atoms with Gasteiger partial charge in [0, 0.05) is 4.47 Å². The molecule has 0 saturated carbocycles. The van der Waals surface area contributed by atoms with Gasteiger partial charge in [-0.15, -0.1) is 0 Å². The summed E-state index contributed by atoms with van der Waals surface area (Å²) < 4.78 is 33.0. The standard InChI is InChI=1S/C14H9BrF2N2O/c1-20-11-6-7(15)2-3-8(11)14-18-10-5-4-9(16)12(17)13(10)19-14/h2-6H,1H3,(H,18,19). The second-order valence-electron chi connectivity index (χ2n) is 4.19. The molecule has 0 unspecified atom stereocenters. The molecule has 1 N–H and O–H groups in total. The van der Waals surface area contributed by atoms with E-state index in [4.69, 9.17) is 4.74 Å². The zero-order valence-corrected chi connectivity index (χ0v) is 12.0. The fourth-order valence-electron chi connectivity index (χ4n) is 2.01. The summed E-state index contributed by atoms with van der Waals surface area (Å²) >= 11 is 3.35. The average molecular weight is 339 g/mol. The van der Waals surface area contributed by atoms with Gasteiger partial charge in [-0.1, -0.05) is 15.9 Å². The van der Waals surface area contributed by atoms with E-state index in [-0.39, 0.29) is 5.52 Å². The van der Waals surface area contributed by atoms with Gasteiger partial charge < -0.3 is 9.72 Å². The number of imidazole rings is 1. The van der Waals surface area contributed by atoms with Gasteiger partial charge in [-0.3, -0.25) is 0 Å². The van der Waals surface area contributed by atoms with Crippen molar-refractivity contribution < 1.29 is 13.5 Å². The Morgan fingerprint density at radius 2 is 2.00 bits per heavy atom. The van der Waals surface area contributed by atoms with Crippen LogP contribution in [-0.2, 0) is 0 Å². The second-order valence-corrected chi connectivity index (χ2v) is 5.10. The van der Waals surface area contributed by atoms with Crippen LogP contribution in [0.3, 0.4) is 0 Å². The summed E-state index contributed by atoms with van der Waals surface area (Å²) in [5.74, 6) is -0.868. The van der Waals surface area contributed by atoms with Crippen molar-refractivity contribution in [2.45, 2.75) is 0 Å². The third-order valence-electron chi connectivity index (χ3n) is 2.96. The summed E-state index contributed by atoms with van der Waals surface area (Å²) in [5.41, 5.74) is 1.08. The lowest BCUT2D eigenvalue weighted by molar-refractivity contribution is 0.416. The minimum atomic E-state index is -0.957. The molecule has 3 rings (SSSR count). The zero-order valence-electron chi connectivity index (χ0n) is 10.4. The molecule has 1 heterocycles. The Labute approximate surface area is 121 Å². The molecule has 102 valence electrons. The number of nitrogens with zero attached hydrogens (tertiary/aromatic N) is 1. The monoisotopic (exact) mass is 338 g/mol. The van der Waals surface area contributed by atoms with E-state index in [1.165, 1.54) is 13.2 Å². The summed E-state index contributed by atoms with van der Waals surface area (Å²) in [6, 6.07) is 7.91. The molecule has 1 aromatic heterocycles. The Morgan fingerprint density at radius 1 is 1.20 bits per heavy atom. The number of hydrogen-bond donors (Lipinski definition) is 1. The molecule has 3 nitrogen and oxygen atoms in total. The van der Waals surface area contributed by atoms with Crippen molar-refractivity contribution in [3.63, 3.8) is 0 Å². The second kappa shape index (κ2) is 4.86. The molecule has 0 saturated heterocycles. The van der Waals surface area contributed by atoms with E-state index < -0.39 is 11.6 Å². The normalized spacial score (nSPS) is 11.0. The minimum absolute atomic E-state index is 0.0232. The number of rotatable bonds is 2. The van der Waals surface area contributed by atoms with Crippen LogP contribution in [0, 0.1) is 11.6 Å². The van der Waals surface area contributed by atoms with Crippen LogP contribution in [0.5, 0.6) is 5.75 Å². The van der Waals surface area contributed by atoms with Crippen molar-refractivity contribution in [3.8, 4) is 17.1 Å². The highest BCUT2D eigenvalue weighted by Crippen LogP contribution is 2.32. The highest BCUT2D eigenvalue weighted by molar-refractivity contribution is 9.10. The number of nitrogens with one attached hydrogen (secondary N) is 1. The highest BCUT2D eigenvalue weighted by atomic mass is 79.9. The molecule has 20 heavy (non-hydrogen) atoms. The lowest BCUT2D eigenvalue weighted by Gasteiger charge is -2.06. The van der Waals surface area contributed by atoms with Gasteiger partial charge >= 0.3 is 0 Å². The van der Waals surface area contributed by atoms with Crippen LogP contribution >= 0.6 is 15.9 Å². The third-order valence-corrected chi connectivity index (χ3v) is 3.46. The van der Waals surface area contributed by atoms with Crippen LogP contribution in [0.2, 0.25) is 0 Å². The first-order valence-electron chi connectivity index (χ1n) is 5.78. The molecular weight excluding hydrogens is 330 g/mol. The molecule has 6 heteroatoms. The number of aromatic nitrogens is 2. The Hall–Kier alpha value is -1.95. The molecule has 0 amide bonds. The first-order chi connectivity index (χ1) is 9.60. The van der Waals surface area contributed by atoms with Crippen LogP contribution in [0.1, 0.15) is 0 Å². The van der Waals surface area contributed by atoms with Crippen molar-refractivity contribution in [1.82, 2.24) is 9.97 Å². The summed E-state index contributed by atoms with van der Waals surface area (Å²) in [6.45, 7) is 0. The SMILES string of the molecule is COc1cc(Br)ccc1-c1nc2c(F)c(F)ccc2[nH]1. The molecule has 0 spiro atoms. The molecule has 0 radical (unpaired) electrons. The number of ether oxygens (including phenoxy) is 1. The number of aromatic amines is 1. The quantitative estimate of drug-likeness (QED) is 0.757. The van der Waals surface area contributed by atoms with Crippen molar-refractivity contribution >= 4 is 27.0 Å². The fourth-order valence-corrected chi connectivity index (χ4v) is 2.35. The average Bonchev–Trinajstić information content (AvgIpc) is 2.87. The fraction of sp³-hybridized carbons (Fsp3) is 0.0714. The molecule has 0 bridgehead atoms. The third kappa shape index (κ3) is 2.06.